The molecule has 2 aromatic heterocycles. The predicted molar refractivity (Wildman–Crippen MR) is 296 cm³/mol. The summed E-state index contributed by atoms with van der Waals surface area (Å²) in [5, 5.41) is 15.6. The Kier molecular flexibility index (Phi) is 10.8. The molecule has 6 heteroatoms. The van der Waals surface area contributed by atoms with Gasteiger partial charge in [0.1, 0.15) is 11.6 Å². The number of nitriles is 1. The summed E-state index contributed by atoms with van der Waals surface area (Å²) >= 11 is 0. The number of alkyl halides is 3. The minimum Gasteiger partial charge on any atom is -0.308 e. The Morgan fingerprint density at radius 3 is 0.973 bits per heavy atom. The maximum atomic E-state index is 15.4. The summed E-state index contributed by atoms with van der Waals surface area (Å²) in [4.78, 5) is 0. The lowest BCUT2D eigenvalue weighted by molar-refractivity contribution is -0.137. The van der Waals surface area contributed by atoms with Crippen LogP contribution in [-0.4, -0.2) is 9.13 Å². The summed E-state index contributed by atoms with van der Waals surface area (Å²) in [6.07, 6.45) is -4.66. The van der Waals surface area contributed by atoms with Gasteiger partial charge in [0, 0.05) is 21.5 Å². The molecule has 0 amide bonds. The van der Waals surface area contributed by atoms with E-state index in [1.165, 1.54) is 6.07 Å². The molecule has 0 aliphatic rings. The Labute approximate surface area is 422 Å². The minimum atomic E-state index is -4.66. The molecule has 0 aliphatic heterocycles. The Bertz CT molecular complexity index is 3830. The maximum absolute atomic E-state index is 15.4. The fraction of sp³-hybridized carbons (Fsp3) is 0.0896. The monoisotopic (exact) mass is 951 g/mol. The molecule has 0 saturated heterocycles. The van der Waals surface area contributed by atoms with Gasteiger partial charge in [0.25, 0.3) is 0 Å². The van der Waals surface area contributed by atoms with Gasteiger partial charge in [-0.25, -0.2) is 0 Å². The van der Waals surface area contributed by atoms with Crippen molar-refractivity contribution < 1.29 is 13.2 Å². The predicted octanol–water partition coefficient (Wildman–Crippen LogP) is 18.6. The molecular weight excluding hydrogens is 904 g/mol. The molecule has 12 aromatic rings. The Balaban J connectivity index is 1.22. The lowest BCUT2D eigenvalue weighted by Crippen LogP contribution is -2.10. The summed E-state index contributed by atoms with van der Waals surface area (Å²) in [6, 6.07) is 69.4. The number of hydrogen-bond acceptors (Lipinski definition) is 1. The van der Waals surface area contributed by atoms with Crippen LogP contribution in [0.15, 0.2) is 200 Å². The first kappa shape index (κ1) is 45.2. The zero-order valence-electron chi connectivity index (χ0n) is 41.0. The van der Waals surface area contributed by atoms with Crippen molar-refractivity contribution >= 4 is 43.6 Å². The molecular formula is C67H48F3N3. The third-order valence-electron chi connectivity index (χ3n) is 14.9. The molecule has 0 radical (unpaired) electrons. The Hall–Kier alpha value is -8.92. The number of rotatable bonds is 7. The van der Waals surface area contributed by atoms with E-state index in [4.69, 9.17) is 0 Å². The largest absolute Gasteiger partial charge is 0.417 e. The van der Waals surface area contributed by atoms with E-state index in [-0.39, 0.29) is 5.56 Å². The van der Waals surface area contributed by atoms with E-state index >= 15 is 13.2 Å². The molecule has 0 aliphatic carbocycles. The quantitative estimate of drug-likeness (QED) is 0.157. The van der Waals surface area contributed by atoms with Gasteiger partial charge in [-0.05, 0) is 185 Å². The van der Waals surface area contributed by atoms with Crippen LogP contribution >= 0.6 is 0 Å². The molecule has 0 bridgehead atoms. The molecule has 73 heavy (non-hydrogen) atoms. The van der Waals surface area contributed by atoms with Gasteiger partial charge in [-0.1, -0.05) is 133 Å². The average molecular weight is 952 g/mol. The van der Waals surface area contributed by atoms with Crippen LogP contribution in [-0.2, 0) is 6.18 Å². The van der Waals surface area contributed by atoms with Gasteiger partial charge >= 0.3 is 6.18 Å². The van der Waals surface area contributed by atoms with Gasteiger partial charge in [-0.2, -0.15) is 18.4 Å². The van der Waals surface area contributed by atoms with Crippen LogP contribution in [0.3, 0.4) is 0 Å². The van der Waals surface area contributed by atoms with E-state index in [9.17, 15) is 5.26 Å². The van der Waals surface area contributed by atoms with Crippen molar-refractivity contribution in [1.29, 1.82) is 5.26 Å². The van der Waals surface area contributed by atoms with E-state index in [0.717, 1.165) is 116 Å². The molecule has 0 fully saturated rings. The van der Waals surface area contributed by atoms with Gasteiger partial charge in [0.2, 0.25) is 0 Å². The summed E-state index contributed by atoms with van der Waals surface area (Å²) in [7, 11) is 0. The van der Waals surface area contributed by atoms with Crippen LogP contribution < -0.4 is 0 Å². The molecule has 2 heterocycles. The standard InChI is InChI=1S/C67H48F3N3/c1-40-15-6-10-20-50(40)45-25-29-60-54(33-45)55-34-46(51-21-11-7-16-41(51)2)26-30-61(55)72(60)64-37-49(66-44(5)19-14-24-59(66)67(68,69)70)38-65(58(64)39-71)73-62-31-27-47(52-22-12-8-17-42(52)3)35-56(62)57-36-48(28-32-63(57)73)53-23-13-9-18-43(53)4/h6-38H,1-5H3. The fourth-order valence-electron chi connectivity index (χ4n) is 11.3. The molecule has 352 valence electrons. The van der Waals surface area contributed by atoms with E-state index < -0.39 is 11.7 Å². The van der Waals surface area contributed by atoms with Crippen molar-refractivity contribution in [2.45, 2.75) is 40.8 Å². The third kappa shape index (κ3) is 7.51. The summed E-state index contributed by atoms with van der Waals surface area (Å²) < 4.78 is 50.4. The Morgan fingerprint density at radius 2 is 0.671 bits per heavy atom. The van der Waals surface area contributed by atoms with Crippen LogP contribution in [0.1, 0.15) is 38.9 Å². The summed E-state index contributed by atoms with van der Waals surface area (Å²) in [5.74, 6) is 0. The van der Waals surface area contributed by atoms with Crippen molar-refractivity contribution in [3.63, 3.8) is 0 Å². The van der Waals surface area contributed by atoms with Crippen molar-refractivity contribution in [2.24, 2.45) is 0 Å². The molecule has 0 unspecified atom stereocenters. The topological polar surface area (TPSA) is 33.6 Å². The molecule has 0 saturated carbocycles. The van der Waals surface area contributed by atoms with Gasteiger partial charge in [0.15, 0.2) is 0 Å². The lowest BCUT2D eigenvalue weighted by atomic mass is 9.92. The number of fused-ring (bicyclic) bond motifs is 6. The molecule has 0 atom stereocenters. The SMILES string of the molecule is Cc1ccccc1-c1ccc2c(c1)c1cc(-c3ccccc3C)ccc1n2-c1cc(-c2c(C)cccc2C(F)(F)F)cc(-n2c3ccc(-c4ccccc4C)cc3c3cc(-c4ccccc4C)ccc32)c1C#N. The van der Waals surface area contributed by atoms with Crippen LogP contribution in [0.25, 0.3) is 111 Å². The molecule has 0 N–H and O–H groups in total. The molecule has 10 aromatic carbocycles. The van der Waals surface area contributed by atoms with E-state index in [1.54, 1.807) is 25.1 Å². The van der Waals surface area contributed by atoms with E-state index in [2.05, 4.69) is 164 Å². The highest BCUT2D eigenvalue weighted by Gasteiger charge is 2.35. The number of halogens is 3. The van der Waals surface area contributed by atoms with Crippen LogP contribution in [0.5, 0.6) is 0 Å². The van der Waals surface area contributed by atoms with Gasteiger partial charge in [0.05, 0.1) is 39.0 Å². The molecule has 12 rings (SSSR count). The molecule has 3 nitrogen and oxygen atoms in total. The number of aryl methyl sites for hydroxylation is 5. The van der Waals surface area contributed by atoms with Crippen LogP contribution in [0.4, 0.5) is 13.2 Å². The lowest BCUT2D eigenvalue weighted by Gasteiger charge is -2.21. The highest BCUT2D eigenvalue weighted by molar-refractivity contribution is 6.14. The number of hydrogen-bond donors (Lipinski definition) is 0. The minimum absolute atomic E-state index is 0.0656. The first-order valence-electron chi connectivity index (χ1n) is 24.5. The Morgan fingerprint density at radius 1 is 0.356 bits per heavy atom. The number of nitrogens with zero attached hydrogens (tertiary/aromatic N) is 3. The highest BCUT2D eigenvalue weighted by Crippen LogP contribution is 2.46. The second-order valence-electron chi connectivity index (χ2n) is 19.4. The van der Waals surface area contributed by atoms with Gasteiger partial charge in [-0.15, -0.1) is 0 Å². The van der Waals surface area contributed by atoms with Gasteiger partial charge in [-0.3, -0.25) is 0 Å². The van der Waals surface area contributed by atoms with Crippen LogP contribution in [0, 0.1) is 45.9 Å². The van der Waals surface area contributed by atoms with E-state index in [0.29, 0.717) is 28.1 Å². The first-order chi connectivity index (χ1) is 35.4. The zero-order valence-corrected chi connectivity index (χ0v) is 41.0. The van der Waals surface area contributed by atoms with Crippen molar-refractivity contribution in [1.82, 2.24) is 9.13 Å². The molecule has 0 spiro atoms. The smallest absolute Gasteiger partial charge is 0.308 e. The summed E-state index contributed by atoms with van der Waals surface area (Å²) in [6.45, 7) is 10.1. The highest BCUT2D eigenvalue weighted by atomic mass is 19.4. The number of benzene rings is 10. The second kappa shape index (κ2) is 17.4. The third-order valence-corrected chi connectivity index (χ3v) is 14.9. The van der Waals surface area contributed by atoms with Crippen molar-refractivity contribution in [3.05, 3.63) is 239 Å². The zero-order chi connectivity index (χ0) is 50.3. The second-order valence-corrected chi connectivity index (χ2v) is 19.4. The van der Waals surface area contributed by atoms with Crippen LogP contribution in [0.2, 0.25) is 0 Å². The first-order valence-corrected chi connectivity index (χ1v) is 24.5. The maximum Gasteiger partial charge on any atom is 0.417 e. The van der Waals surface area contributed by atoms with Crippen molar-refractivity contribution in [3.8, 4) is 73.1 Å². The summed E-state index contributed by atoms with van der Waals surface area (Å²) in [5.41, 5.74) is 17.8. The number of aromatic nitrogens is 2. The van der Waals surface area contributed by atoms with Gasteiger partial charge < -0.3 is 9.13 Å². The fourth-order valence-corrected chi connectivity index (χ4v) is 11.3. The average Bonchev–Trinajstić information content (AvgIpc) is 3.90. The van der Waals surface area contributed by atoms with E-state index in [1.807, 2.05) is 48.5 Å². The normalized spacial score (nSPS) is 11.8. The van der Waals surface area contributed by atoms with Crippen molar-refractivity contribution in [2.75, 3.05) is 0 Å².